The van der Waals surface area contributed by atoms with Crippen molar-refractivity contribution in [3.05, 3.63) is 18.2 Å². The Morgan fingerprint density at radius 2 is 1.89 bits per heavy atom. The Hall–Kier alpha value is -1.80. The molecule has 0 bridgehead atoms. The number of anilines is 2. The first kappa shape index (κ1) is 15.3. The number of nitrogens with zero attached hydrogens (tertiary/aromatic N) is 2. The van der Waals surface area contributed by atoms with Gasteiger partial charge in [0.25, 0.3) is 0 Å². The largest absolute Gasteiger partial charge is 0.480 e. The van der Waals surface area contributed by atoms with Gasteiger partial charge in [-0.2, -0.15) is 0 Å². The molecule has 8 heteroatoms. The first-order valence-electron chi connectivity index (χ1n) is 5.41. The third kappa shape index (κ3) is 3.36. The van der Waals surface area contributed by atoms with Gasteiger partial charge in [0.15, 0.2) is 0 Å². The Morgan fingerprint density at radius 3 is 2.32 bits per heavy atom. The summed E-state index contributed by atoms with van der Waals surface area (Å²) in [7, 11) is 0.876. The Kier molecular flexibility index (Phi) is 4.38. The lowest BCUT2D eigenvalue weighted by molar-refractivity contribution is -0.135. The van der Waals surface area contributed by atoms with Crippen LogP contribution in [0.25, 0.3) is 0 Å². The maximum Gasteiger partial charge on any atom is 0.323 e. The number of likely N-dealkylation sites (N-methyl/N-ethyl adjacent to an activating group) is 1. The van der Waals surface area contributed by atoms with Crippen LogP contribution in [-0.4, -0.2) is 51.5 Å². The lowest BCUT2D eigenvalue weighted by Crippen LogP contribution is -2.26. The van der Waals surface area contributed by atoms with Gasteiger partial charge >= 0.3 is 5.97 Å². The summed E-state index contributed by atoms with van der Waals surface area (Å²) in [6.07, 6.45) is 0. The van der Waals surface area contributed by atoms with Crippen molar-refractivity contribution in [2.45, 2.75) is 4.90 Å². The molecule has 0 saturated heterocycles. The number of carbonyl (C=O) groups is 1. The topological polar surface area (TPSA) is 104 Å². The zero-order chi connectivity index (χ0) is 14.8. The van der Waals surface area contributed by atoms with Crippen LogP contribution < -0.4 is 10.6 Å². The number of nitrogen functional groups attached to an aromatic ring is 1. The minimum Gasteiger partial charge on any atom is -0.480 e. The van der Waals surface area contributed by atoms with Crippen LogP contribution in [0.1, 0.15) is 0 Å². The summed E-state index contributed by atoms with van der Waals surface area (Å²) < 4.78 is 24.9. The van der Waals surface area contributed by atoms with E-state index < -0.39 is 16.0 Å². The van der Waals surface area contributed by atoms with Crippen LogP contribution in [0.3, 0.4) is 0 Å². The average molecular weight is 287 g/mol. The Balaban J connectivity index is 3.15. The molecule has 0 unspecified atom stereocenters. The number of carboxylic acid groups (broad SMARTS) is 1. The fraction of sp³-hybridized carbons (Fsp3) is 0.364. The number of benzene rings is 1. The summed E-state index contributed by atoms with van der Waals surface area (Å²) in [6, 6.07) is 4.22. The normalized spacial score (nSPS) is 11.6. The van der Waals surface area contributed by atoms with Crippen molar-refractivity contribution in [2.75, 3.05) is 38.3 Å². The molecule has 0 radical (unpaired) electrons. The van der Waals surface area contributed by atoms with E-state index in [2.05, 4.69) is 0 Å². The highest BCUT2D eigenvalue weighted by atomic mass is 32.2. The molecular formula is C11H17N3O4S. The minimum absolute atomic E-state index is 0.0717. The van der Waals surface area contributed by atoms with Crippen LogP contribution in [0.2, 0.25) is 0 Å². The first-order valence-corrected chi connectivity index (χ1v) is 6.85. The molecule has 0 amide bonds. The number of hydrogen-bond donors (Lipinski definition) is 2. The van der Waals surface area contributed by atoms with Gasteiger partial charge in [0, 0.05) is 21.1 Å². The highest BCUT2D eigenvalue weighted by molar-refractivity contribution is 7.89. The van der Waals surface area contributed by atoms with E-state index in [9.17, 15) is 13.2 Å². The zero-order valence-electron chi connectivity index (χ0n) is 11.0. The fourth-order valence-corrected chi connectivity index (χ4v) is 2.48. The molecule has 1 aromatic carbocycles. The van der Waals surface area contributed by atoms with E-state index in [0.717, 1.165) is 4.31 Å². The van der Waals surface area contributed by atoms with Crippen LogP contribution >= 0.6 is 0 Å². The van der Waals surface area contributed by atoms with E-state index in [1.165, 1.54) is 37.2 Å². The van der Waals surface area contributed by atoms with Crippen molar-refractivity contribution in [3.8, 4) is 0 Å². The molecule has 19 heavy (non-hydrogen) atoms. The van der Waals surface area contributed by atoms with E-state index in [4.69, 9.17) is 10.8 Å². The number of hydrogen-bond acceptors (Lipinski definition) is 5. The fourth-order valence-electron chi connectivity index (χ4n) is 1.54. The van der Waals surface area contributed by atoms with Gasteiger partial charge < -0.3 is 15.7 Å². The molecule has 0 fully saturated rings. The SMILES string of the molecule is CN(CC(=O)O)c1ccc(S(=O)(=O)N(C)C)cc1N. The smallest absolute Gasteiger partial charge is 0.323 e. The van der Waals surface area contributed by atoms with Crippen molar-refractivity contribution in [3.63, 3.8) is 0 Å². The van der Waals surface area contributed by atoms with Gasteiger partial charge in [-0.25, -0.2) is 12.7 Å². The van der Waals surface area contributed by atoms with Crippen molar-refractivity contribution in [1.82, 2.24) is 4.31 Å². The van der Waals surface area contributed by atoms with Gasteiger partial charge in [-0.15, -0.1) is 0 Å². The highest BCUT2D eigenvalue weighted by Gasteiger charge is 2.19. The van der Waals surface area contributed by atoms with Crippen LogP contribution in [0.15, 0.2) is 23.1 Å². The van der Waals surface area contributed by atoms with Gasteiger partial charge in [0.2, 0.25) is 10.0 Å². The maximum absolute atomic E-state index is 11.9. The van der Waals surface area contributed by atoms with Crippen molar-refractivity contribution >= 4 is 27.4 Å². The molecule has 106 valence electrons. The summed E-state index contributed by atoms with van der Waals surface area (Å²) >= 11 is 0. The van der Waals surface area contributed by atoms with E-state index >= 15 is 0 Å². The van der Waals surface area contributed by atoms with Crippen molar-refractivity contribution in [2.24, 2.45) is 0 Å². The molecule has 0 aliphatic carbocycles. The molecule has 0 atom stereocenters. The molecule has 3 N–H and O–H groups in total. The van der Waals surface area contributed by atoms with E-state index in [-0.39, 0.29) is 17.1 Å². The zero-order valence-corrected chi connectivity index (χ0v) is 11.8. The molecule has 0 aromatic heterocycles. The second kappa shape index (κ2) is 5.45. The quantitative estimate of drug-likeness (QED) is 0.741. The van der Waals surface area contributed by atoms with Crippen LogP contribution in [-0.2, 0) is 14.8 Å². The van der Waals surface area contributed by atoms with Crippen LogP contribution in [0.4, 0.5) is 11.4 Å². The lowest BCUT2D eigenvalue weighted by Gasteiger charge is -2.20. The number of carboxylic acids is 1. The summed E-state index contributed by atoms with van der Waals surface area (Å²) in [5.74, 6) is -0.994. The maximum atomic E-state index is 11.9. The molecule has 0 spiro atoms. The van der Waals surface area contributed by atoms with Crippen molar-refractivity contribution in [1.29, 1.82) is 0 Å². The number of aliphatic carboxylic acids is 1. The van der Waals surface area contributed by atoms with E-state index in [1.807, 2.05) is 0 Å². The second-order valence-corrected chi connectivity index (χ2v) is 6.41. The second-order valence-electron chi connectivity index (χ2n) is 4.26. The molecule has 1 aromatic rings. The predicted molar refractivity (Wildman–Crippen MR) is 72.6 cm³/mol. The van der Waals surface area contributed by atoms with Crippen LogP contribution in [0.5, 0.6) is 0 Å². The molecular weight excluding hydrogens is 270 g/mol. The molecule has 0 heterocycles. The lowest BCUT2D eigenvalue weighted by atomic mass is 10.2. The monoisotopic (exact) mass is 287 g/mol. The Labute approximate surface area is 112 Å². The van der Waals surface area contributed by atoms with Gasteiger partial charge in [0.05, 0.1) is 16.3 Å². The van der Waals surface area contributed by atoms with Gasteiger partial charge in [-0.05, 0) is 18.2 Å². The van der Waals surface area contributed by atoms with Gasteiger partial charge in [0.1, 0.15) is 6.54 Å². The first-order chi connectivity index (χ1) is 8.66. The number of nitrogens with two attached hydrogens (primary N) is 1. The molecule has 7 nitrogen and oxygen atoms in total. The summed E-state index contributed by atoms with van der Waals surface area (Å²) in [5, 5.41) is 8.71. The highest BCUT2D eigenvalue weighted by Crippen LogP contribution is 2.26. The molecule has 1 rings (SSSR count). The molecule has 0 aliphatic rings. The molecule has 0 aliphatic heterocycles. The predicted octanol–water partition coefficient (Wildman–Crippen LogP) is 0.0399. The van der Waals surface area contributed by atoms with Crippen molar-refractivity contribution < 1.29 is 18.3 Å². The number of sulfonamides is 1. The summed E-state index contributed by atoms with van der Waals surface area (Å²) in [5.41, 5.74) is 6.46. The molecule has 0 saturated carbocycles. The van der Waals surface area contributed by atoms with Crippen LogP contribution in [0, 0.1) is 0 Å². The van der Waals surface area contributed by atoms with Gasteiger partial charge in [-0.1, -0.05) is 0 Å². The van der Waals surface area contributed by atoms with E-state index in [0.29, 0.717) is 5.69 Å². The third-order valence-electron chi connectivity index (χ3n) is 2.56. The van der Waals surface area contributed by atoms with E-state index in [1.54, 1.807) is 7.05 Å². The van der Waals surface area contributed by atoms with Gasteiger partial charge in [-0.3, -0.25) is 4.79 Å². The minimum atomic E-state index is -3.55. The summed E-state index contributed by atoms with van der Waals surface area (Å²) in [6.45, 7) is -0.218. The Bertz CT molecular complexity index is 584. The third-order valence-corrected chi connectivity index (χ3v) is 4.37. The summed E-state index contributed by atoms with van der Waals surface area (Å²) in [4.78, 5) is 12.1. The Morgan fingerprint density at radius 1 is 1.32 bits per heavy atom. The number of rotatable bonds is 5. The standard InChI is InChI=1S/C11H17N3O4S/c1-13(2)19(17,18)8-4-5-10(9(12)6-8)14(3)7-11(15)16/h4-6H,7,12H2,1-3H3,(H,15,16). The average Bonchev–Trinajstić information content (AvgIpc) is 2.27.